The first-order valence-corrected chi connectivity index (χ1v) is 7.64. The van der Waals surface area contributed by atoms with Crippen molar-refractivity contribution < 1.29 is 4.52 Å². The van der Waals surface area contributed by atoms with Gasteiger partial charge in [-0.1, -0.05) is 24.9 Å². The predicted molar refractivity (Wildman–Crippen MR) is 78.7 cm³/mol. The Morgan fingerprint density at radius 3 is 2.71 bits per heavy atom. The van der Waals surface area contributed by atoms with Crippen LogP contribution in [0.1, 0.15) is 50.0 Å². The minimum absolute atomic E-state index is 0.297. The Morgan fingerprint density at radius 1 is 1.19 bits per heavy atom. The van der Waals surface area contributed by atoms with E-state index in [0.717, 1.165) is 24.9 Å². The van der Waals surface area contributed by atoms with Crippen LogP contribution in [0.25, 0.3) is 11.6 Å². The van der Waals surface area contributed by atoms with Gasteiger partial charge in [0.2, 0.25) is 17.5 Å². The molecule has 2 heterocycles. The number of nitrogens with one attached hydrogen (secondary N) is 1. The zero-order valence-corrected chi connectivity index (χ0v) is 12.5. The molecule has 0 amide bonds. The van der Waals surface area contributed by atoms with Crippen molar-refractivity contribution in [2.24, 2.45) is 0 Å². The fourth-order valence-electron chi connectivity index (χ4n) is 2.92. The molecule has 6 heteroatoms. The third-order valence-corrected chi connectivity index (χ3v) is 3.97. The number of likely N-dealkylation sites (N-methyl/N-ethyl adjacent to an activating group) is 1. The first-order valence-electron chi connectivity index (χ1n) is 7.64. The van der Waals surface area contributed by atoms with E-state index in [-0.39, 0.29) is 0 Å². The van der Waals surface area contributed by atoms with E-state index in [0.29, 0.717) is 29.5 Å². The topological polar surface area (TPSA) is 76.7 Å². The number of nitrogens with zero attached hydrogens (tertiary/aromatic N) is 4. The molecule has 0 saturated heterocycles. The summed E-state index contributed by atoms with van der Waals surface area (Å²) in [5.74, 6) is 2.00. The summed E-state index contributed by atoms with van der Waals surface area (Å²) in [4.78, 5) is 13.0. The first-order chi connectivity index (χ1) is 10.3. The van der Waals surface area contributed by atoms with Crippen LogP contribution in [0.2, 0.25) is 0 Å². The SMILES string of the molecule is CCNC1CCCCC1c1nc(-c2ncc(C)cn2)no1. The predicted octanol–water partition coefficient (Wildman–Crippen LogP) is 2.47. The van der Waals surface area contributed by atoms with E-state index in [2.05, 4.69) is 32.3 Å². The van der Waals surface area contributed by atoms with Crippen molar-refractivity contribution in [2.75, 3.05) is 6.54 Å². The Balaban J connectivity index is 1.81. The number of aryl methyl sites for hydroxylation is 1. The van der Waals surface area contributed by atoms with Crippen LogP contribution in [0.4, 0.5) is 0 Å². The molecule has 2 aromatic heterocycles. The highest BCUT2D eigenvalue weighted by Crippen LogP contribution is 2.32. The molecular formula is C15H21N5O. The Kier molecular flexibility index (Phi) is 4.24. The van der Waals surface area contributed by atoms with Crippen LogP contribution in [0, 0.1) is 6.92 Å². The summed E-state index contributed by atoms with van der Waals surface area (Å²) in [6.45, 7) is 5.04. The molecule has 1 fully saturated rings. The number of hydrogen-bond acceptors (Lipinski definition) is 6. The van der Waals surface area contributed by atoms with Gasteiger partial charge in [0.05, 0.1) is 5.92 Å². The van der Waals surface area contributed by atoms with E-state index in [9.17, 15) is 0 Å². The van der Waals surface area contributed by atoms with Gasteiger partial charge < -0.3 is 9.84 Å². The minimum Gasteiger partial charge on any atom is -0.338 e. The summed E-state index contributed by atoms with van der Waals surface area (Å²) in [6.07, 6.45) is 8.26. The molecule has 1 aliphatic rings. The second-order valence-electron chi connectivity index (χ2n) is 5.60. The molecule has 112 valence electrons. The van der Waals surface area contributed by atoms with Gasteiger partial charge in [-0.05, 0) is 31.9 Å². The quantitative estimate of drug-likeness (QED) is 0.931. The zero-order chi connectivity index (χ0) is 14.7. The molecule has 21 heavy (non-hydrogen) atoms. The maximum absolute atomic E-state index is 5.48. The fourth-order valence-corrected chi connectivity index (χ4v) is 2.92. The van der Waals surface area contributed by atoms with Crippen LogP contribution in [0.5, 0.6) is 0 Å². The van der Waals surface area contributed by atoms with Gasteiger partial charge in [0.15, 0.2) is 0 Å². The van der Waals surface area contributed by atoms with Crippen LogP contribution < -0.4 is 5.32 Å². The average Bonchev–Trinajstić information content (AvgIpc) is 2.99. The van der Waals surface area contributed by atoms with E-state index in [4.69, 9.17) is 4.52 Å². The van der Waals surface area contributed by atoms with Crippen molar-refractivity contribution in [3.63, 3.8) is 0 Å². The van der Waals surface area contributed by atoms with Crippen molar-refractivity contribution in [2.45, 2.75) is 51.5 Å². The molecule has 2 unspecified atom stereocenters. The highest BCUT2D eigenvalue weighted by atomic mass is 16.5. The van der Waals surface area contributed by atoms with Gasteiger partial charge in [-0.15, -0.1) is 0 Å². The highest BCUT2D eigenvalue weighted by Gasteiger charge is 2.30. The van der Waals surface area contributed by atoms with Crippen molar-refractivity contribution in [3.8, 4) is 11.6 Å². The normalized spacial score (nSPS) is 22.4. The number of aromatic nitrogens is 4. The molecule has 0 spiro atoms. The fraction of sp³-hybridized carbons (Fsp3) is 0.600. The Bertz CT molecular complexity index is 578. The van der Waals surface area contributed by atoms with Gasteiger partial charge in [0.25, 0.3) is 0 Å². The van der Waals surface area contributed by atoms with Crippen LogP contribution >= 0.6 is 0 Å². The third kappa shape index (κ3) is 3.10. The van der Waals surface area contributed by atoms with Crippen molar-refractivity contribution in [3.05, 3.63) is 23.8 Å². The average molecular weight is 287 g/mol. The molecule has 2 aromatic rings. The van der Waals surface area contributed by atoms with E-state index in [1.54, 1.807) is 12.4 Å². The van der Waals surface area contributed by atoms with Crippen LogP contribution in [-0.4, -0.2) is 32.7 Å². The molecular weight excluding hydrogens is 266 g/mol. The lowest BCUT2D eigenvalue weighted by Crippen LogP contribution is -2.37. The standard InChI is InChI=1S/C15H21N5O/c1-3-16-12-7-5-4-6-11(12)15-19-14(20-21-15)13-17-8-10(2)9-18-13/h8-9,11-12,16H,3-7H2,1-2H3. The van der Waals surface area contributed by atoms with Crippen LogP contribution in [0.15, 0.2) is 16.9 Å². The van der Waals surface area contributed by atoms with Gasteiger partial charge in [-0.2, -0.15) is 4.98 Å². The lowest BCUT2D eigenvalue weighted by Gasteiger charge is -2.29. The van der Waals surface area contributed by atoms with E-state index in [1.165, 1.54) is 12.8 Å². The molecule has 1 N–H and O–H groups in total. The molecule has 0 aliphatic heterocycles. The minimum atomic E-state index is 0.297. The summed E-state index contributed by atoms with van der Waals surface area (Å²) >= 11 is 0. The molecule has 0 bridgehead atoms. The second kappa shape index (κ2) is 6.30. The van der Waals surface area contributed by atoms with Crippen LogP contribution in [0.3, 0.4) is 0 Å². The summed E-state index contributed by atoms with van der Waals surface area (Å²) < 4.78 is 5.48. The Hall–Kier alpha value is -1.82. The molecule has 3 rings (SSSR count). The van der Waals surface area contributed by atoms with E-state index < -0.39 is 0 Å². The third-order valence-electron chi connectivity index (χ3n) is 3.97. The lowest BCUT2D eigenvalue weighted by atomic mass is 9.84. The second-order valence-corrected chi connectivity index (χ2v) is 5.60. The summed E-state index contributed by atoms with van der Waals surface area (Å²) in [5.41, 5.74) is 1.02. The molecule has 0 aromatic carbocycles. The van der Waals surface area contributed by atoms with E-state index >= 15 is 0 Å². The molecule has 1 aliphatic carbocycles. The molecule has 6 nitrogen and oxygen atoms in total. The Morgan fingerprint density at radius 2 is 1.95 bits per heavy atom. The van der Waals surface area contributed by atoms with Crippen molar-refractivity contribution in [1.82, 2.24) is 25.4 Å². The Labute approximate surface area is 124 Å². The van der Waals surface area contributed by atoms with Crippen molar-refractivity contribution >= 4 is 0 Å². The monoisotopic (exact) mass is 287 g/mol. The molecule has 0 radical (unpaired) electrons. The maximum Gasteiger partial charge on any atom is 0.240 e. The summed E-state index contributed by atoms with van der Waals surface area (Å²) in [5, 5.41) is 7.58. The lowest BCUT2D eigenvalue weighted by molar-refractivity contribution is 0.265. The summed E-state index contributed by atoms with van der Waals surface area (Å²) in [6, 6.07) is 0.427. The first kappa shape index (κ1) is 14.1. The van der Waals surface area contributed by atoms with Gasteiger partial charge in [0.1, 0.15) is 0 Å². The van der Waals surface area contributed by atoms with E-state index in [1.807, 2.05) is 6.92 Å². The zero-order valence-electron chi connectivity index (χ0n) is 12.5. The van der Waals surface area contributed by atoms with Gasteiger partial charge >= 0.3 is 0 Å². The largest absolute Gasteiger partial charge is 0.338 e. The number of hydrogen-bond donors (Lipinski definition) is 1. The van der Waals surface area contributed by atoms with Gasteiger partial charge in [-0.3, -0.25) is 0 Å². The maximum atomic E-state index is 5.48. The van der Waals surface area contributed by atoms with Crippen LogP contribution in [-0.2, 0) is 0 Å². The highest BCUT2D eigenvalue weighted by molar-refractivity contribution is 5.41. The molecule has 2 atom stereocenters. The van der Waals surface area contributed by atoms with Gasteiger partial charge in [0, 0.05) is 18.4 Å². The van der Waals surface area contributed by atoms with Crippen molar-refractivity contribution in [1.29, 1.82) is 0 Å². The summed E-state index contributed by atoms with van der Waals surface area (Å²) in [7, 11) is 0. The van der Waals surface area contributed by atoms with Gasteiger partial charge in [-0.25, -0.2) is 9.97 Å². The smallest absolute Gasteiger partial charge is 0.240 e. The molecule has 1 saturated carbocycles. The number of rotatable bonds is 4.